The van der Waals surface area contributed by atoms with E-state index in [1.165, 1.54) is 50.7 Å². The molecule has 2 aromatic rings. The number of phenols is 1. The molecule has 8 heteroatoms. The third kappa shape index (κ3) is 3.67. The quantitative estimate of drug-likeness (QED) is 0.497. The summed E-state index contributed by atoms with van der Waals surface area (Å²) in [5.74, 6) is -0.460. The lowest BCUT2D eigenvalue weighted by Crippen LogP contribution is -2.17. The number of methoxy groups -OCH3 is 1. The van der Waals surface area contributed by atoms with Gasteiger partial charge in [0.1, 0.15) is 0 Å². The lowest BCUT2D eigenvalue weighted by Gasteiger charge is -2.09. The minimum absolute atomic E-state index is 0.0613. The van der Waals surface area contributed by atoms with Crippen molar-refractivity contribution in [1.29, 1.82) is 0 Å². The Bertz CT molecular complexity index is 817. The Morgan fingerprint density at radius 3 is 2.75 bits per heavy atom. The number of ether oxygens (including phenoxy) is 1. The number of hydrogen-bond donors (Lipinski definition) is 2. The van der Waals surface area contributed by atoms with E-state index in [-0.39, 0.29) is 28.4 Å². The molecule has 0 saturated carbocycles. The summed E-state index contributed by atoms with van der Waals surface area (Å²) in [6, 6.07) is 8.58. The molecule has 0 aliphatic heterocycles. The van der Waals surface area contributed by atoms with Crippen molar-refractivity contribution in [3.05, 3.63) is 57.6 Å². The van der Waals surface area contributed by atoms with Crippen LogP contribution in [0, 0.1) is 10.1 Å². The number of aromatic hydroxyl groups is 1. The molecular formula is C16H15N3O5. The molecule has 124 valence electrons. The highest BCUT2D eigenvalue weighted by molar-refractivity contribution is 6.00. The number of non-ortho nitro benzene ring substituents is 1. The van der Waals surface area contributed by atoms with Crippen molar-refractivity contribution in [2.45, 2.75) is 0 Å². The number of carbonyl (C=O) groups is 1. The number of nitro groups is 1. The van der Waals surface area contributed by atoms with Gasteiger partial charge in [0.05, 0.1) is 23.3 Å². The minimum atomic E-state index is -0.503. The highest BCUT2D eigenvalue weighted by Crippen LogP contribution is 2.34. The molecule has 2 rings (SSSR count). The molecule has 0 atom stereocenters. The van der Waals surface area contributed by atoms with E-state index >= 15 is 0 Å². The van der Waals surface area contributed by atoms with Crippen LogP contribution in [0.25, 0.3) is 0 Å². The lowest BCUT2D eigenvalue weighted by atomic mass is 10.1. The van der Waals surface area contributed by atoms with Gasteiger partial charge in [0.15, 0.2) is 11.5 Å². The van der Waals surface area contributed by atoms with Gasteiger partial charge in [-0.05, 0) is 11.6 Å². The number of amides is 1. The summed E-state index contributed by atoms with van der Waals surface area (Å²) in [5, 5.41) is 23.1. The van der Waals surface area contributed by atoms with Gasteiger partial charge in [-0.15, -0.1) is 0 Å². The Kier molecular flexibility index (Phi) is 5.10. The standard InChI is InChI=1S/C16H15N3O5/c1-17-16(21)12-7-14(20)15(24-2)8-13(12)18-9-10-4-3-5-11(6-10)19(22)23/h3-9,20H,1-2H3,(H,17,21). The van der Waals surface area contributed by atoms with Crippen LogP contribution in [-0.4, -0.2) is 36.3 Å². The van der Waals surface area contributed by atoms with Crippen molar-refractivity contribution in [3.8, 4) is 11.5 Å². The zero-order valence-corrected chi connectivity index (χ0v) is 13.0. The molecule has 0 unspecified atom stereocenters. The summed E-state index contributed by atoms with van der Waals surface area (Å²) < 4.78 is 5.01. The number of nitro benzene ring substituents is 1. The fraction of sp³-hybridized carbons (Fsp3) is 0.125. The van der Waals surface area contributed by atoms with Crippen molar-refractivity contribution >= 4 is 23.5 Å². The van der Waals surface area contributed by atoms with Crippen molar-refractivity contribution in [2.75, 3.05) is 14.2 Å². The molecule has 8 nitrogen and oxygen atoms in total. The van der Waals surface area contributed by atoms with Gasteiger partial charge in [0.25, 0.3) is 11.6 Å². The number of benzene rings is 2. The van der Waals surface area contributed by atoms with Crippen LogP contribution < -0.4 is 10.1 Å². The van der Waals surface area contributed by atoms with E-state index in [9.17, 15) is 20.0 Å². The predicted molar refractivity (Wildman–Crippen MR) is 88.4 cm³/mol. The second kappa shape index (κ2) is 7.23. The molecule has 0 aliphatic rings. The van der Waals surface area contributed by atoms with Crippen LogP contribution in [0.2, 0.25) is 0 Å². The second-order valence-corrected chi connectivity index (χ2v) is 4.73. The first-order valence-electron chi connectivity index (χ1n) is 6.88. The number of rotatable bonds is 5. The Hall–Kier alpha value is -3.42. The van der Waals surface area contributed by atoms with E-state index < -0.39 is 10.8 Å². The number of aliphatic imine (C=N–C) groups is 1. The van der Waals surface area contributed by atoms with Crippen LogP contribution >= 0.6 is 0 Å². The zero-order valence-electron chi connectivity index (χ0n) is 13.0. The van der Waals surface area contributed by atoms with E-state index in [1.807, 2.05) is 0 Å². The fourth-order valence-corrected chi connectivity index (χ4v) is 2.01. The van der Waals surface area contributed by atoms with Gasteiger partial charge in [-0.25, -0.2) is 0 Å². The maximum Gasteiger partial charge on any atom is 0.270 e. The molecule has 0 radical (unpaired) electrons. The topological polar surface area (TPSA) is 114 Å². The maximum absolute atomic E-state index is 11.9. The molecule has 24 heavy (non-hydrogen) atoms. The van der Waals surface area contributed by atoms with Gasteiger partial charge >= 0.3 is 0 Å². The van der Waals surface area contributed by atoms with Gasteiger partial charge in [-0.3, -0.25) is 19.9 Å². The van der Waals surface area contributed by atoms with Gasteiger partial charge < -0.3 is 15.2 Å². The first-order chi connectivity index (χ1) is 11.5. The molecule has 0 bridgehead atoms. The van der Waals surface area contributed by atoms with E-state index in [0.717, 1.165) is 0 Å². The molecule has 0 heterocycles. The van der Waals surface area contributed by atoms with Gasteiger partial charge in [0.2, 0.25) is 0 Å². The molecule has 0 aromatic heterocycles. The van der Waals surface area contributed by atoms with Crippen molar-refractivity contribution in [2.24, 2.45) is 4.99 Å². The molecule has 0 spiro atoms. The van der Waals surface area contributed by atoms with Crippen LogP contribution in [0.4, 0.5) is 11.4 Å². The molecule has 2 aromatic carbocycles. The second-order valence-electron chi connectivity index (χ2n) is 4.73. The summed E-state index contributed by atoms with van der Waals surface area (Å²) in [4.78, 5) is 26.4. The Morgan fingerprint density at radius 2 is 2.12 bits per heavy atom. The molecule has 2 N–H and O–H groups in total. The maximum atomic E-state index is 11.9. The highest BCUT2D eigenvalue weighted by atomic mass is 16.6. The minimum Gasteiger partial charge on any atom is -0.504 e. The molecule has 0 aliphatic carbocycles. The number of nitrogens with zero attached hydrogens (tertiary/aromatic N) is 2. The monoisotopic (exact) mass is 329 g/mol. The number of phenolic OH excluding ortho intramolecular Hbond substituents is 1. The number of carbonyl (C=O) groups excluding carboxylic acids is 1. The number of nitrogens with one attached hydrogen (secondary N) is 1. The van der Waals surface area contributed by atoms with Crippen LogP contribution in [0.5, 0.6) is 11.5 Å². The summed E-state index contributed by atoms with van der Waals surface area (Å²) in [7, 11) is 2.83. The van der Waals surface area contributed by atoms with E-state index in [1.54, 1.807) is 6.07 Å². The fourth-order valence-electron chi connectivity index (χ4n) is 2.01. The molecule has 1 amide bonds. The average Bonchev–Trinajstić information content (AvgIpc) is 2.59. The van der Waals surface area contributed by atoms with Gasteiger partial charge in [0, 0.05) is 31.5 Å². The summed E-state index contributed by atoms with van der Waals surface area (Å²) >= 11 is 0. The Balaban J connectivity index is 2.45. The Morgan fingerprint density at radius 1 is 1.38 bits per heavy atom. The lowest BCUT2D eigenvalue weighted by molar-refractivity contribution is -0.384. The first-order valence-corrected chi connectivity index (χ1v) is 6.88. The third-order valence-electron chi connectivity index (χ3n) is 3.20. The predicted octanol–water partition coefficient (Wildman–Crippen LogP) is 2.42. The van der Waals surface area contributed by atoms with Crippen LogP contribution in [0.3, 0.4) is 0 Å². The summed E-state index contributed by atoms with van der Waals surface area (Å²) in [5.41, 5.74) is 0.848. The molecule has 0 saturated heterocycles. The van der Waals surface area contributed by atoms with Crippen LogP contribution in [0.15, 0.2) is 41.4 Å². The normalized spacial score (nSPS) is 10.6. The Labute approximate surface area is 137 Å². The van der Waals surface area contributed by atoms with Gasteiger partial charge in [-0.2, -0.15) is 0 Å². The third-order valence-corrected chi connectivity index (χ3v) is 3.20. The largest absolute Gasteiger partial charge is 0.504 e. The zero-order chi connectivity index (χ0) is 17.7. The highest BCUT2D eigenvalue weighted by Gasteiger charge is 2.14. The molecule has 0 fully saturated rings. The van der Waals surface area contributed by atoms with Gasteiger partial charge in [-0.1, -0.05) is 12.1 Å². The van der Waals surface area contributed by atoms with Crippen molar-refractivity contribution < 1.29 is 19.6 Å². The SMILES string of the molecule is CNC(=O)c1cc(O)c(OC)cc1N=Cc1cccc([N+](=O)[O-])c1. The average molecular weight is 329 g/mol. The van der Waals surface area contributed by atoms with Crippen molar-refractivity contribution in [1.82, 2.24) is 5.32 Å². The van der Waals surface area contributed by atoms with Crippen LogP contribution in [-0.2, 0) is 0 Å². The number of hydrogen-bond acceptors (Lipinski definition) is 6. The summed E-state index contributed by atoms with van der Waals surface area (Å²) in [6.07, 6.45) is 1.39. The van der Waals surface area contributed by atoms with Crippen molar-refractivity contribution in [3.63, 3.8) is 0 Å². The molecular weight excluding hydrogens is 314 g/mol. The van der Waals surface area contributed by atoms with E-state index in [2.05, 4.69) is 10.3 Å². The van der Waals surface area contributed by atoms with E-state index in [4.69, 9.17) is 4.74 Å². The summed E-state index contributed by atoms with van der Waals surface area (Å²) in [6.45, 7) is 0. The van der Waals surface area contributed by atoms with E-state index in [0.29, 0.717) is 5.56 Å². The first kappa shape index (κ1) is 16.9. The van der Waals surface area contributed by atoms with Crippen LogP contribution in [0.1, 0.15) is 15.9 Å². The smallest absolute Gasteiger partial charge is 0.270 e.